The van der Waals surface area contributed by atoms with Gasteiger partial charge < -0.3 is 0 Å². The molecule has 1 atom stereocenters. The number of nitriles is 1. The fraction of sp³-hybridized carbons (Fsp3) is 0.588. The SMILES string of the molecule is N#CNC(=O)C1CCCCN1S(=O)(=O)N1CCC(Sc2ccccn2)CC1. The highest BCUT2D eigenvalue weighted by atomic mass is 32.2. The number of pyridine rings is 1. The Hall–Kier alpha value is -1.67. The Labute approximate surface area is 164 Å². The van der Waals surface area contributed by atoms with E-state index in [4.69, 9.17) is 5.26 Å². The molecule has 0 radical (unpaired) electrons. The molecule has 2 aliphatic heterocycles. The summed E-state index contributed by atoms with van der Waals surface area (Å²) < 4.78 is 28.9. The third-order valence-electron chi connectivity index (χ3n) is 4.88. The topological polar surface area (TPSA) is 106 Å². The first-order valence-corrected chi connectivity index (χ1v) is 11.3. The largest absolute Gasteiger partial charge is 0.282 e. The van der Waals surface area contributed by atoms with Crippen molar-refractivity contribution in [3.8, 4) is 6.19 Å². The van der Waals surface area contributed by atoms with Gasteiger partial charge in [-0.1, -0.05) is 12.5 Å². The monoisotopic (exact) mass is 409 g/mol. The Morgan fingerprint density at radius 3 is 2.67 bits per heavy atom. The second-order valence-electron chi connectivity index (χ2n) is 6.62. The van der Waals surface area contributed by atoms with Crippen LogP contribution in [0.4, 0.5) is 0 Å². The number of nitrogens with zero attached hydrogens (tertiary/aromatic N) is 4. The van der Waals surface area contributed by atoms with Crippen molar-refractivity contribution < 1.29 is 13.2 Å². The van der Waals surface area contributed by atoms with Gasteiger partial charge in [-0.15, -0.1) is 11.8 Å². The molecule has 0 spiro atoms. The number of carbonyl (C=O) groups excluding carboxylic acids is 1. The van der Waals surface area contributed by atoms with Crippen LogP contribution in [-0.2, 0) is 15.0 Å². The molecule has 3 heterocycles. The average molecular weight is 410 g/mol. The maximum atomic E-state index is 13.1. The molecule has 0 bridgehead atoms. The molecule has 1 aromatic heterocycles. The summed E-state index contributed by atoms with van der Waals surface area (Å²) in [4.78, 5) is 16.4. The Morgan fingerprint density at radius 2 is 2.00 bits per heavy atom. The summed E-state index contributed by atoms with van der Waals surface area (Å²) in [5.41, 5.74) is 0. The summed E-state index contributed by atoms with van der Waals surface area (Å²) in [5.74, 6) is -0.540. The maximum absolute atomic E-state index is 13.1. The van der Waals surface area contributed by atoms with Gasteiger partial charge in [-0.25, -0.2) is 4.98 Å². The van der Waals surface area contributed by atoms with Crippen LogP contribution in [0.25, 0.3) is 0 Å². The second kappa shape index (κ2) is 9.01. The lowest BCUT2D eigenvalue weighted by atomic mass is 10.0. The quantitative estimate of drug-likeness (QED) is 0.581. The predicted molar refractivity (Wildman–Crippen MR) is 102 cm³/mol. The van der Waals surface area contributed by atoms with Crippen LogP contribution in [0.2, 0.25) is 0 Å². The molecule has 1 N–H and O–H groups in total. The van der Waals surface area contributed by atoms with Crippen LogP contribution in [0.1, 0.15) is 32.1 Å². The van der Waals surface area contributed by atoms with E-state index in [1.165, 1.54) is 8.61 Å². The van der Waals surface area contributed by atoms with Crippen LogP contribution in [0.3, 0.4) is 0 Å². The number of hydrogen-bond acceptors (Lipinski definition) is 6. The predicted octanol–water partition coefficient (Wildman–Crippen LogP) is 1.33. The summed E-state index contributed by atoms with van der Waals surface area (Å²) in [6.45, 7) is 1.17. The van der Waals surface area contributed by atoms with Crippen molar-refractivity contribution in [1.82, 2.24) is 18.9 Å². The van der Waals surface area contributed by atoms with Crippen molar-refractivity contribution >= 4 is 27.9 Å². The molecular formula is C17H23N5O3S2. The van der Waals surface area contributed by atoms with E-state index in [-0.39, 0.29) is 0 Å². The van der Waals surface area contributed by atoms with Gasteiger partial charge in [0.05, 0.1) is 5.03 Å². The minimum absolute atomic E-state index is 0.314. The number of carbonyl (C=O) groups is 1. The van der Waals surface area contributed by atoms with Gasteiger partial charge in [0, 0.05) is 31.1 Å². The smallest absolute Gasteiger partial charge is 0.272 e. The molecule has 0 saturated carbocycles. The van der Waals surface area contributed by atoms with Crippen LogP contribution in [0.5, 0.6) is 0 Å². The van der Waals surface area contributed by atoms with Crippen LogP contribution >= 0.6 is 11.8 Å². The van der Waals surface area contributed by atoms with E-state index >= 15 is 0 Å². The van der Waals surface area contributed by atoms with Gasteiger partial charge in [0.1, 0.15) is 6.04 Å². The number of amides is 1. The van der Waals surface area contributed by atoms with Crippen LogP contribution < -0.4 is 5.32 Å². The van der Waals surface area contributed by atoms with Crippen LogP contribution in [0.15, 0.2) is 29.4 Å². The fourth-order valence-electron chi connectivity index (χ4n) is 3.50. The number of rotatable bonds is 5. The minimum Gasteiger partial charge on any atom is -0.272 e. The number of piperidine rings is 2. The maximum Gasteiger partial charge on any atom is 0.282 e. The summed E-state index contributed by atoms with van der Waals surface area (Å²) in [6.07, 6.45) is 6.78. The third-order valence-corrected chi connectivity index (χ3v) is 8.22. The molecule has 2 saturated heterocycles. The van der Waals surface area contributed by atoms with E-state index in [1.54, 1.807) is 24.2 Å². The molecule has 8 nitrogen and oxygen atoms in total. The Morgan fingerprint density at radius 1 is 1.22 bits per heavy atom. The van der Waals surface area contributed by atoms with Crippen LogP contribution in [0, 0.1) is 11.5 Å². The molecular weight excluding hydrogens is 386 g/mol. The number of aromatic nitrogens is 1. The van der Waals surface area contributed by atoms with Gasteiger partial charge in [-0.2, -0.15) is 22.3 Å². The minimum atomic E-state index is -3.72. The summed E-state index contributed by atoms with van der Waals surface area (Å²) in [7, 11) is -3.72. The standard InChI is InChI=1S/C17H23N5O3S2/c18-13-20-17(23)15-5-2-4-10-22(15)27(24,25)21-11-7-14(8-12-21)26-16-6-1-3-9-19-16/h1,3,6,9,14-15H,2,4-5,7-8,10-12H2,(H,20,23). The molecule has 2 aliphatic rings. The van der Waals surface area contributed by atoms with E-state index in [1.807, 2.05) is 18.2 Å². The molecule has 2 fully saturated rings. The average Bonchev–Trinajstić information content (AvgIpc) is 2.69. The Bertz CT molecular complexity index is 789. The van der Waals surface area contributed by atoms with Gasteiger partial charge in [0.2, 0.25) is 0 Å². The Balaban J connectivity index is 1.63. The lowest BCUT2D eigenvalue weighted by Crippen LogP contribution is -2.56. The van der Waals surface area contributed by atoms with E-state index in [2.05, 4.69) is 10.3 Å². The van der Waals surface area contributed by atoms with Crippen molar-refractivity contribution in [2.75, 3.05) is 19.6 Å². The molecule has 0 aromatic carbocycles. The molecule has 3 rings (SSSR count). The molecule has 10 heteroatoms. The van der Waals surface area contributed by atoms with Crippen molar-refractivity contribution in [1.29, 1.82) is 5.26 Å². The number of hydrogen-bond donors (Lipinski definition) is 1. The zero-order valence-corrected chi connectivity index (χ0v) is 16.6. The first-order chi connectivity index (χ1) is 13.0. The first-order valence-electron chi connectivity index (χ1n) is 9.06. The van der Waals surface area contributed by atoms with E-state index < -0.39 is 22.2 Å². The summed E-state index contributed by atoms with van der Waals surface area (Å²) in [5, 5.41) is 12.0. The first kappa shape index (κ1) is 20.1. The molecule has 1 amide bonds. The third kappa shape index (κ3) is 4.79. The van der Waals surface area contributed by atoms with Gasteiger partial charge in [0.15, 0.2) is 6.19 Å². The van der Waals surface area contributed by atoms with E-state index in [9.17, 15) is 13.2 Å². The second-order valence-corrected chi connectivity index (χ2v) is 9.82. The highest BCUT2D eigenvalue weighted by Gasteiger charge is 2.41. The fourth-order valence-corrected chi connectivity index (χ4v) is 6.42. The summed E-state index contributed by atoms with van der Waals surface area (Å²) in [6, 6.07) is 4.97. The molecule has 146 valence electrons. The number of nitrogens with one attached hydrogen (secondary N) is 1. The molecule has 1 unspecified atom stereocenters. The normalized spacial score (nSPS) is 22.9. The van der Waals surface area contributed by atoms with Gasteiger partial charge in [-0.3, -0.25) is 10.1 Å². The van der Waals surface area contributed by atoms with Crippen LogP contribution in [-0.4, -0.2) is 58.8 Å². The van der Waals surface area contributed by atoms with E-state index in [0.717, 1.165) is 30.7 Å². The van der Waals surface area contributed by atoms with Gasteiger partial charge >= 0.3 is 0 Å². The molecule has 0 aliphatic carbocycles. The Kier molecular flexibility index (Phi) is 6.70. The zero-order chi connectivity index (χ0) is 19.3. The van der Waals surface area contributed by atoms with Gasteiger partial charge in [0.25, 0.3) is 16.1 Å². The molecule has 1 aromatic rings. The number of thioether (sulfide) groups is 1. The van der Waals surface area contributed by atoms with E-state index in [0.29, 0.717) is 31.3 Å². The van der Waals surface area contributed by atoms with Crippen molar-refractivity contribution in [2.24, 2.45) is 0 Å². The lowest BCUT2D eigenvalue weighted by molar-refractivity contribution is -0.124. The zero-order valence-electron chi connectivity index (χ0n) is 15.0. The summed E-state index contributed by atoms with van der Waals surface area (Å²) >= 11 is 1.68. The molecule has 27 heavy (non-hydrogen) atoms. The van der Waals surface area contributed by atoms with Crippen molar-refractivity contribution in [3.05, 3.63) is 24.4 Å². The van der Waals surface area contributed by atoms with Gasteiger partial charge in [-0.05, 0) is 37.8 Å². The van der Waals surface area contributed by atoms with Crippen molar-refractivity contribution in [3.63, 3.8) is 0 Å². The lowest BCUT2D eigenvalue weighted by Gasteiger charge is -2.39. The highest BCUT2D eigenvalue weighted by Crippen LogP contribution is 2.31. The van der Waals surface area contributed by atoms with Crippen molar-refractivity contribution in [2.45, 2.75) is 48.4 Å². The highest BCUT2D eigenvalue weighted by molar-refractivity contribution is 7.99.